The highest BCUT2D eigenvalue weighted by molar-refractivity contribution is 5.34. The van der Waals surface area contributed by atoms with Crippen molar-refractivity contribution in [2.45, 2.75) is 13.5 Å². The molecule has 15 heavy (non-hydrogen) atoms. The second kappa shape index (κ2) is 4.50. The van der Waals surface area contributed by atoms with Crippen LogP contribution in [-0.4, -0.2) is 15.0 Å². The van der Waals surface area contributed by atoms with E-state index in [2.05, 4.69) is 20.3 Å². The van der Waals surface area contributed by atoms with Gasteiger partial charge < -0.3 is 5.32 Å². The van der Waals surface area contributed by atoms with Crippen LogP contribution in [0.1, 0.15) is 11.4 Å². The SMILES string of the molecule is Cc1cc(NCc2ccccn2)ncn1. The molecule has 2 aromatic rings. The third kappa shape index (κ3) is 2.74. The Balaban J connectivity index is 1.99. The molecule has 0 spiro atoms. The summed E-state index contributed by atoms with van der Waals surface area (Å²) in [6, 6.07) is 7.75. The first kappa shape index (κ1) is 9.58. The van der Waals surface area contributed by atoms with Crippen LogP contribution in [0, 0.1) is 6.92 Å². The third-order valence-corrected chi connectivity index (χ3v) is 1.98. The predicted octanol–water partition coefficient (Wildman–Crippen LogP) is 1.79. The average molecular weight is 200 g/mol. The Morgan fingerprint density at radius 2 is 2.13 bits per heavy atom. The molecule has 0 aliphatic heterocycles. The summed E-state index contributed by atoms with van der Waals surface area (Å²) in [5.74, 6) is 0.827. The van der Waals surface area contributed by atoms with Crippen molar-refractivity contribution in [3.63, 3.8) is 0 Å². The molecule has 4 heteroatoms. The fraction of sp³-hybridized carbons (Fsp3) is 0.182. The smallest absolute Gasteiger partial charge is 0.129 e. The van der Waals surface area contributed by atoms with Gasteiger partial charge in [-0.05, 0) is 19.1 Å². The Bertz CT molecular complexity index is 428. The Morgan fingerprint density at radius 1 is 1.20 bits per heavy atom. The van der Waals surface area contributed by atoms with Crippen molar-refractivity contribution in [1.29, 1.82) is 0 Å². The van der Waals surface area contributed by atoms with Gasteiger partial charge in [0.25, 0.3) is 0 Å². The van der Waals surface area contributed by atoms with E-state index in [-0.39, 0.29) is 0 Å². The lowest BCUT2D eigenvalue weighted by molar-refractivity contribution is 1.01. The van der Waals surface area contributed by atoms with Gasteiger partial charge in [0.15, 0.2) is 0 Å². The van der Waals surface area contributed by atoms with E-state index in [1.165, 1.54) is 0 Å². The summed E-state index contributed by atoms with van der Waals surface area (Å²) in [7, 11) is 0. The third-order valence-electron chi connectivity index (χ3n) is 1.98. The first-order valence-corrected chi connectivity index (χ1v) is 4.77. The molecule has 0 saturated carbocycles. The van der Waals surface area contributed by atoms with Crippen molar-refractivity contribution < 1.29 is 0 Å². The van der Waals surface area contributed by atoms with Gasteiger partial charge in [0.1, 0.15) is 12.1 Å². The van der Waals surface area contributed by atoms with Gasteiger partial charge in [-0.25, -0.2) is 9.97 Å². The summed E-state index contributed by atoms with van der Waals surface area (Å²) >= 11 is 0. The van der Waals surface area contributed by atoms with Crippen LogP contribution in [0.5, 0.6) is 0 Å². The second-order valence-electron chi connectivity index (χ2n) is 3.22. The lowest BCUT2D eigenvalue weighted by Crippen LogP contribution is -2.03. The maximum atomic E-state index is 4.21. The van der Waals surface area contributed by atoms with Crippen molar-refractivity contribution in [2.24, 2.45) is 0 Å². The maximum absolute atomic E-state index is 4.21. The van der Waals surface area contributed by atoms with E-state index in [4.69, 9.17) is 0 Å². The lowest BCUT2D eigenvalue weighted by atomic mass is 10.3. The number of nitrogens with zero attached hydrogens (tertiary/aromatic N) is 3. The molecule has 76 valence electrons. The van der Waals surface area contributed by atoms with Gasteiger partial charge >= 0.3 is 0 Å². The van der Waals surface area contributed by atoms with Gasteiger partial charge in [0.2, 0.25) is 0 Å². The van der Waals surface area contributed by atoms with Gasteiger partial charge in [0, 0.05) is 18.0 Å². The number of pyridine rings is 1. The Morgan fingerprint density at radius 3 is 2.87 bits per heavy atom. The molecule has 0 bridgehead atoms. The molecule has 0 amide bonds. The molecule has 0 atom stereocenters. The molecule has 0 aromatic carbocycles. The summed E-state index contributed by atoms with van der Waals surface area (Å²) in [5, 5.41) is 3.19. The van der Waals surface area contributed by atoms with Gasteiger partial charge in [0.05, 0.1) is 12.2 Å². The quantitative estimate of drug-likeness (QED) is 0.820. The zero-order chi connectivity index (χ0) is 10.5. The van der Waals surface area contributed by atoms with E-state index in [1.54, 1.807) is 12.5 Å². The van der Waals surface area contributed by atoms with Gasteiger partial charge in [-0.3, -0.25) is 4.98 Å². The van der Waals surface area contributed by atoms with Gasteiger partial charge in [-0.2, -0.15) is 0 Å². The van der Waals surface area contributed by atoms with E-state index in [9.17, 15) is 0 Å². The molecule has 2 heterocycles. The van der Waals surface area contributed by atoms with Crippen LogP contribution in [0.15, 0.2) is 36.8 Å². The highest BCUT2D eigenvalue weighted by Gasteiger charge is 1.95. The molecule has 0 radical (unpaired) electrons. The summed E-state index contributed by atoms with van der Waals surface area (Å²) in [6.07, 6.45) is 3.33. The van der Waals surface area contributed by atoms with Crippen LogP contribution in [0.4, 0.5) is 5.82 Å². The van der Waals surface area contributed by atoms with E-state index in [0.717, 1.165) is 17.2 Å². The minimum atomic E-state index is 0.678. The Kier molecular flexibility index (Phi) is 2.88. The van der Waals surface area contributed by atoms with Gasteiger partial charge in [-0.15, -0.1) is 0 Å². The molecule has 0 unspecified atom stereocenters. The molecule has 2 rings (SSSR count). The number of aryl methyl sites for hydroxylation is 1. The first-order chi connectivity index (χ1) is 7.34. The minimum Gasteiger partial charge on any atom is -0.364 e. The Hall–Kier alpha value is -1.97. The summed E-state index contributed by atoms with van der Waals surface area (Å²) in [5.41, 5.74) is 1.95. The number of aromatic nitrogens is 3. The summed E-state index contributed by atoms with van der Waals surface area (Å²) in [4.78, 5) is 12.3. The number of anilines is 1. The molecule has 4 nitrogen and oxygen atoms in total. The first-order valence-electron chi connectivity index (χ1n) is 4.77. The van der Waals surface area contributed by atoms with E-state index >= 15 is 0 Å². The monoisotopic (exact) mass is 200 g/mol. The average Bonchev–Trinajstić information content (AvgIpc) is 2.28. The Labute approximate surface area is 88.4 Å². The molecule has 0 saturated heterocycles. The molecular weight excluding hydrogens is 188 g/mol. The van der Waals surface area contributed by atoms with Crippen molar-refractivity contribution in [3.8, 4) is 0 Å². The minimum absolute atomic E-state index is 0.678. The number of nitrogens with one attached hydrogen (secondary N) is 1. The summed E-state index contributed by atoms with van der Waals surface area (Å²) < 4.78 is 0. The largest absolute Gasteiger partial charge is 0.364 e. The van der Waals surface area contributed by atoms with Crippen LogP contribution in [-0.2, 0) is 6.54 Å². The van der Waals surface area contributed by atoms with E-state index in [1.807, 2.05) is 31.2 Å². The molecule has 0 fully saturated rings. The van der Waals surface area contributed by atoms with Crippen LogP contribution < -0.4 is 5.32 Å². The highest BCUT2D eigenvalue weighted by atomic mass is 15.0. The zero-order valence-electron chi connectivity index (χ0n) is 8.51. The van der Waals surface area contributed by atoms with Crippen LogP contribution in [0.2, 0.25) is 0 Å². The fourth-order valence-corrected chi connectivity index (χ4v) is 1.24. The van der Waals surface area contributed by atoms with Crippen molar-refractivity contribution in [1.82, 2.24) is 15.0 Å². The number of hydrogen-bond acceptors (Lipinski definition) is 4. The summed E-state index contributed by atoms with van der Waals surface area (Å²) in [6.45, 7) is 2.62. The molecule has 0 aliphatic rings. The molecular formula is C11H12N4. The lowest BCUT2D eigenvalue weighted by Gasteiger charge is -2.04. The maximum Gasteiger partial charge on any atom is 0.129 e. The topological polar surface area (TPSA) is 50.7 Å². The standard InChI is InChI=1S/C11H12N4/c1-9-6-11(15-8-14-9)13-7-10-4-2-3-5-12-10/h2-6,8H,7H2,1H3,(H,13,14,15). The van der Waals surface area contributed by atoms with E-state index in [0.29, 0.717) is 6.54 Å². The van der Waals surface area contributed by atoms with Crippen molar-refractivity contribution in [3.05, 3.63) is 48.2 Å². The zero-order valence-corrected chi connectivity index (χ0v) is 8.51. The van der Waals surface area contributed by atoms with Crippen molar-refractivity contribution >= 4 is 5.82 Å². The number of rotatable bonds is 3. The second-order valence-corrected chi connectivity index (χ2v) is 3.22. The van der Waals surface area contributed by atoms with Crippen LogP contribution in [0.3, 0.4) is 0 Å². The predicted molar refractivity (Wildman–Crippen MR) is 58.3 cm³/mol. The van der Waals surface area contributed by atoms with Crippen molar-refractivity contribution in [2.75, 3.05) is 5.32 Å². The van der Waals surface area contributed by atoms with Crippen LogP contribution >= 0.6 is 0 Å². The van der Waals surface area contributed by atoms with E-state index < -0.39 is 0 Å². The highest BCUT2D eigenvalue weighted by Crippen LogP contribution is 2.04. The molecule has 0 aliphatic carbocycles. The molecule has 2 aromatic heterocycles. The normalized spacial score (nSPS) is 9.93. The molecule has 1 N–H and O–H groups in total. The van der Waals surface area contributed by atoms with Crippen LogP contribution in [0.25, 0.3) is 0 Å². The fourth-order valence-electron chi connectivity index (χ4n) is 1.24. The number of hydrogen-bond donors (Lipinski definition) is 1. The van der Waals surface area contributed by atoms with Gasteiger partial charge in [-0.1, -0.05) is 6.07 Å².